The smallest absolute Gasteiger partial charge is 0.226 e. The molecule has 1 fully saturated rings. The Balaban J connectivity index is 1.92. The molecule has 1 N–H and O–H groups in total. The van der Waals surface area contributed by atoms with Crippen LogP contribution in [0.25, 0.3) is 0 Å². The summed E-state index contributed by atoms with van der Waals surface area (Å²) in [7, 11) is 0. The van der Waals surface area contributed by atoms with E-state index < -0.39 is 0 Å². The molecule has 1 aliphatic rings. The lowest BCUT2D eigenvalue weighted by Gasteiger charge is -2.32. The van der Waals surface area contributed by atoms with Crippen LogP contribution in [-0.2, 0) is 11.2 Å². The van der Waals surface area contributed by atoms with Gasteiger partial charge in [0.25, 0.3) is 0 Å². The number of rotatable bonds is 4. The first-order chi connectivity index (χ1) is 9.19. The van der Waals surface area contributed by atoms with E-state index >= 15 is 0 Å². The van der Waals surface area contributed by atoms with Crippen molar-refractivity contribution in [1.82, 2.24) is 4.90 Å². The van der Waals surface area contributed by atoms with Gasteiger partial charge in [-0.1, -0.05) is 23.7 Å². The molecule has 1 unspecified atom stereocenters. The summed E-state index contributed by atoms with van der Waals surface area (Å²) in [5, 5.41) is 9.66. The summed E-state index contributed by atoms with van der Waals surface area (Å²) in [4.78, 5) is 14.2. The van der Waals surface area contributed by atoms with E-state index in [2.05, 4.69) is 0 Å². The van der Waals surface area contributed by atoms with Crippen molar-refractivity contribution >= 4 is 17.5 Å². The minimum atomic E-state index is 0.157. The maximum absolute atomic E-state index is 12.2. The Morgan fingerprint density at radius 3 is 3.05 bits per heavy atom. The van der Waals surface area contributed by atoms with Crippen molar-refractivity contribution in [3.8, 4) is 0 Å². The van der Waals surface area contributed by atoms with Gasteiger partial charge in [-0.15, -0.1) is 0 Å². The largest absolute Gasteiger partial charge is 0.396 e. The van der Waals surface area contributed by atoms with E-state index in [0.717, 1.165) is 37.9 Å². The monoisotopic (exact) mass is 281 g/mol. The Labute approximate surface area is 119 Å². The third-order valence-corrected chi connectivity index (χ3v) is 3.89. The summed E-state index contributed by atoms with van der Waals surface area (Å²) < 4.78 is 0. The molecule has 1 heterocycles. The van der Waals surface area contributed by atoms with Gasteiger partial charge in [-0.3, -0.25) is 4.79 Å². The zero-order valence-electron chi connectivity index (χ0n) is 11.0. The molecule has 19 heavy (non-hydrogen) atoms. The van der Waals surface area contributed by atoms with E-state index in [-0.39, 0.29) is 12.5 Å². The predicted octanol–water partition coefficient (Wildman–Crippen LogP) is 2.50. The third kappa shape index (κ3) is 4.22. The van der Waals surface area contributed by atoms with Gasteiger partial charge in [0.15, 0.2) is 0 Å². The van der Waals surface area contributed by atoms with Gasteiger partial charge in [0.05, 0.1) is 6.42 Å². The van der Waals surface area contributed by atoms with Crippen LogP contribution in [0.5, 0.6) is 0 Å². The molecule has 0 radical (unpaired) electrons. The second-order valence-corrected chi connectivity index (χ2v) is 5.60. The highest BCUT2D eigenvalue weighted by molar-refractivity contribution is 6.30. The maximum atomic E-state index is 12.2. The third-order valence-electron chi connectivity index (χ3n) is 3.65. The summed E-state index contributed by atoms with van der Waals surface area (Å²) >= 11 is 5.93. The molecule has 104 valence electrons. The Bertz CT molecular complexity index is 434. The maximum Gasteiger partial charge on any atom is 0.226 e. The molecule has 1 atom stereocenters. The van der Waals surface area contributed by atoms with Gasteiger partial charge in [-0.25, -0.2) is 0 Å². The van der Waals surface area contributed by atoms with Crippen LogP contribution < -0.4 is 0 Å². The lowest BCUT2D eigenvalue weighted by molar-refractivity contribution is -0.132. The van der Waals surface area contributed by atoms with Crippen molar-refractivity contribution in [1.29, 1.82) is 0 Å². The predicted molar refractivity (Wildman–Crippen MR) is 76.2 cm³/mol. The van der Waals surface area contributed by atoms with Crippen LogP contribution in [0, 0.1) is 5.92 Å². The van der Waals surface area contributed by atoms with Gasteiger partial charge >= 0.3 is 0 Å². The van der Waals surface area contributed by atoms with Gasteiger partial charge in [0, 0.05) is 24.7 Å². The molecule has 0 saturated carbocycles. The van der Waals surface area contributed by atoms with Crippen molar-refractivity contribution < 1.29 is 9.90 Å². The first-order valence-corrected chi connectivity index (χ1v) is 7.20. The van der Waals surface area contributed by atoms with E-state index in [1.54, 1.807) is 0 Å². The van der Waals surface area contributed by atoms with E-state index in [0.29, 0.717) is 17.4 Å². The first-order valence-electron chi connectivity index (χ1n) is 6.82. The highest BCUT2D eigenvalue weighted by Crippen LogP contribution is 2.20. The Morgan fingerprint density at radius 1 is 1.47 bits per heavy atom. The number of aliphatic hydroxyl groups excluding tert-OH is 1. The van der Waals surface area contributed by atoms with Crippen molar-refractivity contribution in [2.24, 2.45) is 5.92 Å². The summed E-state index contributed by atoms with van der Waals surface area (Å²) in [6, 6.07) is 7.46. The molecule has 1 aromatic carbocycles. The second-order valence-electron chi connectivity index (χ2n) is 5.17. The highest BCUT2D eigenvalue weighted by Gasteiger charge is 2.23. The van der Waals surface area contributed by atoms with Gasteiger partial charge in [-0.05, 0) is 42.9 Å². The molecule has 1 amide bonds. The molecule has 1 aromatic rings. The van der Waals surface area contributed by atoms with Crippen LogP contribution in [0.1, 0.15) is 24.8 Å². The van der Waals surface area contributed by atoms with Gasteiger partial charge < -0.3 is 10.0 Å². The number of halogens is 1. The zero-order valence-corrected chi connectivity index (χ0v) is 11.8. The molecule has 4 heteroatoms. The fraction of sp³-hybridized carbons (Fsp3) is 0.533. The number of piperidine rings is 1. The Morgan fingerprint density at radius 2 is 2.32 bits per heavy atom. The summed E-state index contributed by atoms with van der Waals surface area (Å²) in [6.07, 6.45) is 3.35. The van der Waals surface area contributed by atoms with Crippen molar-refractivity contribution in [2.45, 2.75) is 25.7 Å². The SMILES string of the molecule is O=C(Cc1cccc(Cl)c1)N1CCCC(CCO)C1. The molecule has 2 rings (SSSR count). The standard InChI is InChI=1S/C15H20ClNO2/c16-14-5-1-3-13(9-14)10-15(19)17-7-2-4-12(11-17)6-8-18/h1,3,5,9,12,18H,2,4,6-8,10-11H2. The van der Waals surface area contributed by atoms with Crippen LogP contribution in [0.3, 0.4) is 0 Å². The number of benzene rings is 1. The fourth-order valence-electron chi connectivity index (χ4n) is 2.64. The summed E-state index contributed by atoms with van der Waals surface area (Å²) in [5.41, 5.74) is 0.960. The second kappa shape index (κ2) is 6.92. The molecular formula is C15H20ClNO2. The van der Waals surface area contributed by atoms with Crippen LogP contribution in [-0.4, -0.2) is 35.6 Å². The number of aliphatic hydroxyl groups is 1. The molecule has 0 aliphatic carbocycles. The zero-order chi connectivity index (χ0) is 13.7. The van der Waals surface area contributed by atoms with E-state index in [1.807, 2.05) is 29.2 Å². The van der Waals surface area contributed by atoms with Crippen LogP contribution in [0.15, 0.2) is 24.3 Å². The van der Waals surface area contributed by atoms with Crippen molar-refractivity contribution in [3.63, 3.8) is 0 Å². The first kappa shape index (κ1) is 14.4. The normalized spacial score (nSPS) is 19.5. The van der Waals surface area contributed by atoms with Gasteiger partial charge in [-0.2, -0.15) is 0 Å². The lowest BCUT2D eigenvalue weighted by Crippen LogP contribution is -2.40. The van der Waals surface area contributed by atoms with Crippen LogP contribution >= 0.6 is 11.6 Å². The number of amides is 1. The molecule has 1 saturated heterocycles. The number of hydrogen-bond donors (Lipinski definition) is 1. The molecule has 0 bridgehead atoms. The van der Waals surface area contributed by atoms with Crippen LogP contribution in [0.2, 0.25) is 5.02 Å². The van der Waals surface area contributed by atoms with E-state index in [1.165, 1.54) is 0 Å². The van der Waals surface area contributed by atoms with Gasteiger partial charge in [0.2, 0.25) is 5.91 Å². The minimum absolute atomic E-state index is 0.157. The Hall–Kier alpha value is -1.06. The summed E-state index contributed by atoms with van der Waals surface area (Å²) in [5.74, 6) is 0.604. The number of carbonyl (C=O) groups excluding carboxylic acids is 1. The quantitative estimate of drug-likeness (QED) is 0.921. The average Bonchev–Trinajstić information content (AvgIpc) is 2.39. The van der Waals surface area contributed by atoms with Crippen LogP contribution in [0.4, 0.5) is 0 Å². The molecule has 3 nitrogen and oxygen atoms in total. The molecule has 0 spiro atoms. The lowest BCUT2D eigenvalue weighted by atomic mass is 9.95. The van der Waals surface area contributed by atoms with Crippen molar-refractivity contribution in [2.75, 3.05) is 19.7 Å². The topological polar surface area (TPSA) is 40.5 Å². The summed E-state index contributed by atoms with van der Waals surface area (Å²) in [6.45, 7) is 1.82. The molecular weight excluding hydrogens is 262 g/mol. The molecule has 0 aromatic heterocycles. The van der Waals surface area contributed by atoms with E-state index in [9.17, 15) is 4.79 Å². The van der Waals surface area contributed by atoms with Crippen molar-refractivity contribution in [3.05, 3.63) is 34.9 Å². The fourth-order valence-corrected chi connectivity index (χ4v) is 2.86. The number of hydrogen-bond acceptors (Lipinski definition) is 2. The minimum Gasteiger partial charge on any atom is -0.396 e. The molecule has 1 aliphatic heterocycles. The Kier molecular flexibility index (Phi) is 5.23. The number of nitrogens with zero attached hydrogens (tertiary/aromatic N) is 1. The average molecular weight is 282 g/mol. The van der Waals surface area contributed by atoms with Gasteiger partial charge in [0.1, 0.15) is 0 Å². The number of likely N-dealkylation sites (tertiary alicyclic amines) is 1. The highest BCUT2D eigenvalue weighted by atomic mass is 35.5. The number of carbonyl (C=O) groups is 1. The van der Waals surface area contributed by atoms with E-state index in [4.69, 9.17) is 16.7 Å².